The van der Waals surface area contributed by atoms with Crippen molar-refractivity contribution in [2.24, 2.45) is 12.8 Å². The summed E-state index contributed by atoms with van der Waals surface area (Å²) in [6.45, 7) is 0.631. The summed E-state index contributed by atoms with van der Waals surface area (Å²) in [7, 11) is 3.75. The molecule has 0 fully saturated rings. The van der Waals surface area contributed by atoms with E-state index >= 15 is 0 Å². The molecular formula is C10H19N5O2. The van der Waals surface area contributed by atoms with Gasteiger partial charge in [0.05, 0.1) is 0 Å². The lowest BCUT2D eigenvalue weighted by Gasteiger charge is -2.21. The molecule has 0 amide bonds. The van der Waals surface area contributed by atoms with Crippen LogP contribution in [0.5, 0.6) is 0 Å². The lowest BCUT2D eigenvalue weighted by molar-refractivity contribution is -0.137. The van der Waals surface area contributed by atoms with Crippen molar-refractivity contribution in [2.75, 3.05) is 18.5 Å². The highest BCUT2D eigenvalue weighted by Crippen LogP contribution is 2.07. The molecule has 1 aromatic heterocycles. The number of carboxylic acid groups (broad SMARTS) is 1. The van der Waals surface area contributed by atoms with Crippen molar-refractivity contribution >= 4 is 11.9 Å². The summed E-state index contributed by atoms with van der Waals surface area (Å²) >= 11 is 0. The van der Waals surface area contributed by atoms with Gasteiger partial charge in [-0.15, -0.1) is 10.2 Å². The van der Waals surface area contributed by atoms with Gasteiger partial charge in [-0.25, -0.2) is 0 Å². The summed E-state index contributed by atoms with van der Waals surface area (Å²) in [4.78, 5) is 12.3. The zero-order chi connectivity index (χ0) is 12.8. The van der Waals surface area contributed by atoms with Crippen LogP contribution in [0.4, 0.5) is 5.95 Å². The van der Waals surface area contributed by atoms with Crippen LogP contribution in [0.1, 0.15) is 19.3 Å². The molecule has 96 valence electrons. The highest BCUT2D eigenvalue weighted by molar-refractivity contribution is 5.66. The second kappa shape index (κ2) is 6.19. The number of nitrogens with zero attached hydrogens (tertiary/aromatic N) is 4. The molecule has 1 atom stereocenters. The van der Waals surface area contributed by atoms with Crippen LogP contribution in [0, 0.1) is 0 Å². The van der Waals surface area contributed by atoms with Crippen molar-refractivity contribution in [2.45, 2.75) is 25.3 Å². The molecular weight excluding hydrogens is 222 g/mol. The molecule has 3 N–H and O–H groups in total. The Kier molecular flexibility index (Phi) is 4.89. The SMILES string of the molecule is CN(CC(N)CCCC(=O)O)c1nncn1C. The molecule has 1 heterocycles. The van der Waals surface area contributed by atoms with Crippen LogP contribution in [-0.4, -0.2) is 45.5 Å². The van der Waals surface area contributed by atoms with E-state index in [1.807, 2.05) is 23.6 Å². The van der Waals surface area contributed by atoms with Crippen molar-refractivity contribution in [3.8, 4) is 0 Å². The van der Waals surface area contributed by atoms with Gasteiger partial charge in [-0.1, -0.05) is 0 Å². The third-order valence-corrected chi connectivity index (χ3v) is 2.50. The fraction of sp³-hybridized carbons (Fsp3) is 0.700. The summed E-state index contributed by atoms with van der Waals surface area (Å²) in [5, 5.41) is 16.3. The van der Waals surface area contributed by atoms with Gasteiger partial charge in [0, 0.05) is 33.1 Å². The van der Waals surface area contributed by atoms with Gasteiger partial charge in [-0.05, 0) is 12.8 Å². The van der Waals surface area contributed by atoms with Crippen LogP contribution in [0.2, 0.25) is 0 Å². The minimum absolute atomic E-state index is 0.0592. The Hall–Kier alpha value is -1.63. The first-order valence-electron chi connectivity index (χ1n) is 5.53. The largest absolute Gasteiger partial charge is 0.481 e. The van der Waals surface area contributed by atoms with E-state index in [1.165, 1.54) is 0 Å². The van der Waals surface area contributed by atoms with Crippen LogP contribution in [0.25, 0.3) is 0 Å². The Morgan fingerprint density at radius 3 is 2.94 bits per heavy atom. The number of aliphatic carboxylic acids is 1. The third-order valence-electron chi connectivity index (χ3n) is 2.50. The van der Waals surface area contributed by atoms with Gasteiger partial charge in [0.15, 0.2) is 0 Å². The fourth-order valence-electron chi connectivity index (χ4n) is 1.66. The minimum Gasteiger partial charge on any atom is -0.481 e. The molecule has 7 heteroatoms. The maximum Gasteiger partial charge on any atom is 0.303 e. The van der Waals surface area contributed by atoms with E-state index in [-0.39, 0.29) is 12.5 Å². The van der Waals surface area contributed by atoms with E-state index in [4.69, 9.17) is 10.8 Å². The van der Waals surface area contributed by atoms with E-state index < -0.39 is 5.97 Å². The highest BCUT2D eigenvalue weighted by Gasteiger charge is 2.11. The molecule has 0 saturated heterocycles. The van der Waals surface area contributed by atoms with E-state index in [1.54, 1.807) is 6.33 Å². The Balaban J connectivity index is 2.33. The topological polar surface area (TPSA) is 97.3 Å². The summed E-state index contributed by atoms with van der Waals surface area (Å²) in [6.07, 6.45) is 3.08. The van der Waals surface area contributed by atoms with Gasteiger partial charge in [0.2, 0.25) is 5.95 Å². The molecule has 0 spiro atoms. The van der Waals surface area contributed by atoms with Gasteiger partial charge >= 0.3 is 5.97 Å². The number of aromatic nitrogens is 3. The molecule has 0 aliphatic carbocycles. The number of likely N-dealkylation sites (N-methyl/N-ethyl adjacent to an activating group) is 1. The van der Waals surface area contributed by atoms with Crippen LogP contribution in [0.15, 0.2) is 6.33 Å². The molecule has 1 aromatic rings. The van der Waals surface area contributed by atoms with E-state index in [2.05, 4.69) is 10.2 Å². The molecule has 17 heavy (non-hydrogen) atoms. The smallest absolute Gasteiger partial charge is 0.303 e. The van der Waals surface area contributed by atoms with Gasteiger partial charge in [-0.3, -0.25) is 4.79 Å². The van der Waals surface area contributed by atoms with E-state index in [0.717, 1.165) is 5.95 Å². The maximum atomic E-state index is 10.4. The van der Waals surface area contributed by atoms with Gasteiger partial charge < -0.3 is 20.3 Å². The van der Waals surface area contributed by atoms with Crippen molar-refractivity contribution < 1.29 is 9.90 Å². The van der Waals surface area contributed by atoms with Crippen LogP contribution >= 0.6 is 0 Å². The number of rotatable bonds is 7. The standard InChI is InChI=1S/C10H19N5O2/c1-14(10-13-12-7-15(10)2)6-8(11)4-3-5-9(16)17/h7-8H,3-6,11H2,1-2H3,(H,16,17). The molecule has 7 nitrogen and oxygen atoms in total. The Morgan fingerprint density at radius 1 is 1.71 bits per heavy atom. The molecule has 1 unspecified atom stereocenters. The number of anilines is 1. The second-order valence-electron chi connectivity index (χ2n) is 4.17. The average molecular weight is 241 g/mol. The summed E-state index contributed by atoms with van der Waals surface area (Å²) in [6, 6.07) is -0.0592. The molecule has 0 saturated carbocycles. The lowest BCUT2D eigenvalue weighted by atomic mass is 10.1. The number of carboxylic acids is 1. The number of carbonyl (C=O) groups is 1. The zero-order valence-corrected chi connectivity index (χ0v) is 10.2. The predicted molar refractivity (Wildman–Crippen MR) is 63.7 cm³/mol. The Morgan fingerprint density at radius 2 is 2.41 bits per heavy atom. The van der Waals surface area contributed by atoms with Gasteiger partial charge in [-0.2, -0.15) is 0 Å². The maximum absolute atomic E-state index is 10.4. The van der Waals surface area contributed by atoms with Gasteiger partial charge in [0.25, 0.3) is 0 Å². The molecule has 1 rings (SSSR count). The Bertz CT molecular complexity index is 365. The van der Waals surface area contributed by atoms with E-state index in [0.29, 0.717) is 19.4 Å². The van der Waals surface area contributed by atoms with Crippen LogP contribution in [0.3, 0.4) is 0 Å². The van der Waals surface area contributed by atoms with Crippen LogP contribution in [-0.2, 0) is 11.8 Å². The lowest BCUT2D eigenvalue weighted by Crippen LogP contribution is -2.36. The summed E-state index contributed by atoms with van der Waals surface area (Å²) < 4.78 is 1.81. The first-order chi connectivity index (χ1) is 8.00. The molecule has 0 bridgehead atoms. The summed E-state index contributed by atoms with van der Waals surface area (Å²) in [5.41, 5.74) is 5.92. The normalized spacial score (nSPS) is 12.4. The van der Waals surface area contributed by atoms with Crippen LogP contribution < -0.4 is 10.6 Å². The molecule has 0 aromatic carbocycles. The van der Waals surface area contributed by atoms with E-state index in [9.17, 15) is 4.79 Å². The van der Waals surface area contributed by atoms with Crippen molar-refractivity contribution in [3.63, 3.8) is 0 Å². The third kappa shape index (κ3) is 4.39. The molecule has 0 aliphatic heterocycles. The quantitative estimate of drug-likeness (QED) is 0.688. The zero-order valence-electron chi connectivity index (χ0n) is 10.2. The highest BCUT2D eigenvalue weighted by atomic mass is 16.4. The number of aryl methyl sites for hydroxylation is 1. The number of nitrogens with two attached hydrogens (primary N) is 1. The average Bonchev–Trinajstić information content (AvgIpc) is 2.63. The second-order valence-corrected chi connectivity index (χ2v) is 4.17. The Labute approximate surface area is 100 Å². The fourth-order valence-corrected chi connectivity index (χ4v) is 1.66. The first kappa shape index (κ1) is 13.4. The van der Waals surface area contributed by atoms with Crippen molar-refractivity contribution in [1.82, 2.24) is 14.8 Å². The number of hydrogen-bond donors (Lipinski definition) is 2. The molecule has 0 aliphatic rings. The monoisotopic (exact) mass is 241 g/mol. The molecule has 0 radical (unpaired) electrons. The minimum atomic E-state index is -0.779. The summed E-state index contributed by atoms with van der Waals surface area (Å²) in [5.74, 6) is -0.0301. The number of hydrogen-bond acceptors (Lipinski definition) is 5. The van der Waals surface area contributed by atoms with Crippen molar-refractivity contribution in [1.29, 1.82) is 0 Å². The van der Waals surface area contributed by atoms with Gasteiger partial charge in [0.1, 0.15) is 6.33 Å². The van der Waals surface area contributed by atoms with Crippen molar-refractivity contribution in [3.05, 3.63) is 6.33 Å². The first-order valence-corrected chi connectivity index (χ1v) is 5.53. The predicted octanol–water partition coefficient (Wildman–Crippen LogP) is -0.166.